The van der Waals surface area contributed by atoms with E-state index >= 15 is 0 Å². The van der Waals surface area contributed by atoms with Crippen LogP contribution < -0.4 is 10.9 Å². The number of benzene rings is 1. The van der Waals surface area contributed by atoms with Crippen LogP contribution in [0.5, 0.6) is 0 Å². The number of aromatic nitrogens is 1. The van der Waals surface area contributed by atoms with Gasteiger partial charge >= 0.3 is 5.97 Å². The van der Waals surface area contributed by atoms with Gasteiger partial charge in [0, 0.05) is 49.8 Å². The highest BCUT2D eigenvalue weighted by molar-refractivity contribution is 7.80. The first-order valence-electron chi connectivity index (χ1n) is 10.4. The van der Waals surface area contributed by atoms with Gasteiger partial charge in [-0.15, -0.1) is 0 Å². The smallest absolute Gasteiger partial charge is 0.306 e. The number of pyridine rings is 1. The molecule has 0 amide bonds. The molecule has 1 N–H and O–H groups in total. The third kappa shape index (κ3) is 4.41. The molecule has 0 radical (unpaired) electrons. The Bertz CT molecular complexity index is 975. The van der Waals surface area contributed by atoms with Crippen molar-refractivity contribution in [3.05, 3.63) is 70.1 Å². The Balaban J connectivity index is 1.42. The third-order valence-corrected chi connectivity index (χ3v) is 6.58. The van der Waals surface area contributed by atoms with Crippen LogP contribution in [0, 0.1) is 5.92 Å². The van der Waals surface area contributed by atoms with E-state index in [9.17, 15) is 9.59 Å². The van der Waals surface area contributed by atoms with Crippen molar-refractivity contribution in [3.8, 4) is 0 Å². The van der Waals surface area contributed by atoms with Crippen molar-refractivity contribution < 1.29 is 9.53 Å². The van der Waals surface area contributed by atoms with Crippen LogP contribution in [0.3, 0.4) is 0 Å². The van der Waals surface area contributed by atoms with Crippen LogP contribution in [0.15, 0.2) is 53.3 Å². The topological polar surface area (TPSA) is 63.6 Å². The Labute approximate surface area is 181 Å². The van der Waals surface area contributed by atoms with Crippen molar-refractivity contribution in [2.45, 2.75) is 31.2 Å². The minimum absolute atomic E-state index is 0.0137. The number of thiocarbonyl (C=S) groups is 1. The van der Waals surface area contributed by atoms with Crippen LogP contribution in [0.1, 0.15) is 35.9 Å². The second-order valence-corrected chi connectivity index (χ2v) is 8.56. The number of carbonyl (C=O) groups is 1. The normalized spacial score (nSPS) is 20.8. The third-order valence-electron chi connectivity index (χ3n) is 6.18. The summed E-state index contributed by atoms with van der Waals surface area (Å²) in [6.07, 6.45) is 1.40. The average molecular weight is 426 g/mol. The number of methoxy groups -OCH3 is 1. The van der Waals surface area contributed by atoms with Crippen molar-refractivity contribution in [2.75, 3.05) is 26.7 Å². The number of ether oxygens (including phenoxy) is 1. The molecular weight excluding hydrogens is 398 g/mol. The number of hydrogen-bond acceptors (Lipinski definition) is 4. The highest BCUT2D eigenvalue weighted by Crippen LogP contribution is 2.35. The Hall–Kier alpha value is -2.67. The van der Waals surface area contributed by atoms with Gasteiger partial charge in [-0.25, -0.2) is 0 Å². The molecule has 4 rings (SSSR count). The number of fused-ring (bicyclic) bond motifs is 4. The number of rotatable bonds is 5. The van der Waals surface area contributed by atoms with Gasteiger partial charge in [0.15, 0.2) is 5.11 Å². The summed E-state index contributed by atoms with van der Waals surface area (Å²) in [7, 11) is 1.41. The summed E-state index contributed by atoms with van der Waals surface area (Å²) in [6, 6.07) is 15.5. The van der Waals surface area contributed by atoms with Crippen LogP contribution in [0.4, 0.5) is 0 Å². The van der Waals surface area contributed by atoms with Crippen molar-refractivity contribution in [1.29, 1.82) is 0 Å². The lowest BCUT2D eigenvalue weighted by atomic mass is 9.83. The van der Waals surface area contributed by atoms with Crippen molar-refractivity contribution in [2.24, 2.45) is 5.92 Å². The predicted molar refractivity (Wildman–Crippen MR) is 120 cm³/mol. The molecule has 2 aromatic rings. The van der Waals surface area contributed by atoms with Gasteiger partial charge in [0.05, 0.1) is 13.5 Å². The van der Waals surface area contributed by atoms with Gasteiger partial charge in [0.25, 0.3) is 5.56 Å². The van der Waals surface area contributed by atoms with Crippen molar-refractivity contribution in [3.63, 3.8) is 0 Å². The number of hydrogen-bond donors (Lipinski definition) is 1. The molecule has 1 aromatic carbocycles. The Morgan fingerprint density at radius 1 is 1.17 bits per heavy atom. The number of esters is 1. The molecule has 6 nitrogen and oxygen atoms in total. The zero-order valence-electron chi connectivity index (χ0n) is 17.1. The SMILES string of the molecule is COC(=O)CC(CNC(=S)N1C[C@H]2C[C@@H](C1)c1cccc(=O)n1C2)c1ccccc1. The minimum Gasteiger partial charge on any atom is -0.469 e. The van der Waals surface area contributed by atoms with Gasteiger partial charge in [-0.2, -0.15) is 0 Å². The van der Waals surface area contributed by atoms with E-state index in [-0.39, 0.29) is 17.4 Å². The number of likely N-dealkylation sites (tertiary alicyclic amines) is 1. The number of nitrogens with one attached hydrogen (secondary N) is 1. The maximum Gasteiger partial charge on any atom is 0.306 e. The van der Waals surface area contributed by atoms with Gasteiger partial charge in [0.1, 0.15) is 0 Å². The van der Waals surface area contributed by atoms with Gasteiger partial charge in [-0.3, -0.25) is 9.59 Å². The zero-order chi connectivity index (χ0) is 21.1. The zero-order valence-corrected chi connectivity index (χ0v) is 17.9. The predicted octanol–water partition coefficient (Wildman–Crippen LogP) is 2.49. The highest BCUT2D eigenvalue weighted by Gasteiger charge is 2.35. The van der Waals surface area contributed by atoms with E-state index in [1.807, 2.05) is 41.0 Å². The van der Waals surface area contributed by atoms with Crippen molar-refractivity contribution in [1.82, 2.24) is 14.8 Å². The lowest BCUT2D eigenvalue weighted by Crippen LogP contribution is -2.52. The first-order chi connectivity index (χ1) is 14.5. The lowest BCUT2D eigenvalue weighted by Gasteiger charge is -2.43. The van der Waals surface area contributed by atoms with E-state index in [4.69, 9.17) is 17.0 Å². The molecule has 0 aliphatic carbocycles. The molecule has 0 saturated carbocycles. The van der Waals surface area contributed by atoms with Crippen LogP contribution in [0.2, 0.25) is 0 Å². The molecule has 158 valence electrons. The number of carbonyl (C=O) groups excluding carboxylic acids is 1. The first-order valence-corrected chi connectivity index (χ1v) is 10.8. The summed E-state index contributed by atoms with van der Waals surface area (Å²) in [5, 5.41) is 4.10. The summed E-state index contributed by atoms with van der Waals surface area (Å²) in [5.41, 5.74) is 2.28. The standard InChI is InChI=1S/C23H27N3O3S/c1-29-22(28)11-18(17-6-3-2-4-7-17)12-24-23(30)25-13-16-10-19(15-25)20-8-5-9-21(27)26(20)14-16/h2-9,16,18-19H,10-15H2,1H3,(H,24,30)/t16-,18?,19+/m1/s1. The Morgan fingerprint density at radius 2 is 1.97 bits per heavy atom. The van der Waals surface area contributed by atoms with Crippen LogP contribution >= 0.6 is 12.2 Å². The van der Waals surface area contributed by atoms with Gasteiger partial charge in [0.2, 0.25) is 0 Å². The molecule has 2 aliphatic heterocycles. The van der Waals surface area contributed by atoms with E-state index < -0.39 is 0 Å². The molecule has 3 heterocycles. The van der Waals surface area contributed by atoms with Gasteiger partial charge in [-0.05, 0) is 36.2 Å². The molecule has 2 bridgehead atoms. The fourth-order valence-electron chi connectivity index (χ4n) is 4.70. The number of piperidine rings is 1. The van der Waals surface area contributed by atoms with E-state index in [1.165, 1.54) is 7.11 Å². The quantitative estimate of drug-likeness (QED) is 0.587. The molecule has 1 unspecified atom stereocenters. The average Bonchev–Trinajstić information content (AvgIpc) is 2.77. The van der Waals surface area contributed by atoms with E-state index in [2.05, 4.69) is 16.3 Å². The molecular formula is C23H27N3O3S. The molecule has 0 spiro atoms. The number of nitrogens with zero attached hydrogens (tertiary/aromatic N) is 2. The summed E-state index contributed by atoms with van der Waals surface area (Å²) < 4.78 is 6.81. The monoisotopic (exact) mass is 425 g/mol. The molecule has 3 atom stereocenters. The van der Waals surface area contributed by atoms with E-state index in [1.54, 1.807) is 6.07 Å². The maximum atomic E-state index is 12.2. The summed E-state index contributed by atoms with van der Waals surface area (Å²) in [6.45, 7) is 2.97. The molecule has 2 aliphatic rings. The van der Waals surface area contributed by atoms with Crippen molar-refractivity contribution >= 4 is 23.3 Å². The summed E-state index contributed by atoms with van der Waals surface area (Å²) >= 11 is 5.72. The maximum absolute atomic E-state index is 12.2. The summed E-state index contributed by atoms with van der Waals surface area (Å²) in [4.78, 5) is 26.3. The molecule has 1 saturated heterocycles. The molecule has 1 fully saturated rings. The van der Waals surface area contributed by atoms with E-state index in [0.717, 1.165) is 37.3 Å². The van der Waals surface area contributed by atoms with Gasteiger partial charge in [-0.1, -0.05) is 36.4 Å². The second-order valence-electron chi connectivity index (χ2n) is 8.18. The largest absolute Gasteiger partial charge is 0.469 e. The fourth-order valence-corrected chi connectivity index (χ4v) is 4.93. The van der Waals surface area contributed by atoms with E-state index in [0.29, 0.717) is 29.9 Å². The minimum atomic E-state index is -0.230. The molecule has 1 aromatic heterocycles. The highest BCUT2D eigenvalue weighted by atomic mass is 32.1. The Morgan fingerprint density at radius 3 is 2.73 bits per heavy atom. The first kappa shape index (κ1) is 20.6. The van der Waals surface area contributed by atoms with Crippen LogP contribution in [-0.2, 0) is 16.1 Å². The Kier molecular flexibility index (Phi) is 6.18. The molecule has 30 heavy (non-hydrogen) atoms. The second kappa shape index (κ2) is 9.00. The van der Waals surface area contributed by atoms with Gasteiger partial charge < -0.3 is 19.5 Å². The summed E-state index contributed by atoms with van der Waals surface area (Å²) in [5.74, 6) is 0.480. The lowest BCUT2D eigenvalue weighted by molar-refractivity contribution is -0.141. The van der Waals surface area contributed by atoms with Crippen LogP contribution in [-0.4, -0.2) is 47.3 Å². The fraction of sp³-hybridized carbons (Fsp3) is 0.435. The molecule has 7 heteroatoms. The van der Waals surface area contributed by atoms with Crippen LogP contribution in [0.25, 0.3) is 0 Å².